The van der Waals surface area contributed by atoms with Crippen LogP contribution >= 0.6 is 0 Å². The van der Waals surface area contributed by atoms with Gasteiger partial charge in [0.1, 0.15) is 12.0 Å². The van der Waals surface area contributed by atoms with E-state index in [1.54, 1.807) is 6.92 Å². The molecule has 0 spiro atoms. The zero-order valence-electron chi connectivity index (χ0n) is 17.7. The van der Waals surface area contributed by atoms with Gasteiger partial charge in [0.2, 0.25) is 0 Å². The molecular weight excluding hydrogens is 385 g/mol. The number of nitrogens with zero attached hydrogens (tertiary/aromatic N) is 2. The lowest BCUT2D eigenvalue weighted by molar-refractivity contribution is -0.128. The van der Waals surface area contributed by atoms with Crippen molar-refractivity contribution in [2.45, 2.75) is 58.3 Å². The van der Waals surface area contributed by atoms with Gasteiger partial charge < -0.3 is 20.1 Å². The molecule has 0 saturated carbocycles. The smallest absolute Gasteiger partial charge is 0.293 e. The van der Waals surface area contributed by atoms with E-state index in [4.69, 9.17) is 9.72 Å². The number of rotatable bonds is 7. The number of aliphatic hydroxyl groups is 1. The van der Waals surface area contributed by atoms with Crippen LogP contribution in [0.2, 0.25) is 0 Å². The molecular formula is C23H28FN3O3. The predicted molar refractivity (Wildman–Crippen MR) is 113 cm³/mol. The molecule has 0 fully saturated rings. The highest BCUT2D eigenvalue weighted by molar-refractivity contribution is 5.92. The molecule has 2 aromatic rings. The molecule has 160 valence electrons. The van der Waals surface area contributed by atoms with Gasteiger partial charge >= 0.3 is 0 Å². The fourth-order valence-corrected chi connectivity index (χ4v) is 4.82. The fraction of sp³-hybridized carbons (Fsp3) is 0.478. The lowest BCUT2D eigenvalue weighted by Gasteiger charge is -2.29. The highest BCUT2D eigenvalue weighted by Crippen LogP contribution is 2.45. The second-order valence-corrected chi connectivity index (χ2v) is 8.05. The van der Waals surface area contributed by atoms with Gasteiger partial charge in [-0.25, -0.2) is 9.37 Å². The molecule has 2 atom stereocenters. The number of aryl methyl sites for hydroxylation is 1. The Bertz CT molecular complexity index is 1020. The van der Waals surface area contributed by atoms with Crippen molar-refractivity contribution in [2.75, 3.05) is 13.7 Å². The number of pyridine rings is 1. The van der Waals surface area contributed by atoms with E-state index < -0.39 is 6.23 Å². The Morgan fingerprint density at radius 1 is 1.47 bits per heavy atom. The van der Waals surface area contributed by atoms with Crippen molar-refractivity contribution < 1.29 is 19.0 Å². The third kappa shape index (κ3) is 3.36. The molecule has 1 aliphatic carbocycles. The second kappa shape index (κ2) is 8.32. The van der Waals surface area contributed by atoms with Crippen LogP contribution in [0.4, 0.5) is 4.39 Å². The molecule has 2 N–H and O–H groups in total. The summed E-state index contributed by atoms with van der Waals surface area (Å²) < 4.78 is 19.4. The van der Waals surface area contributed by atoms with E-state index in [1.807, 2.05) is 24.9 Å². The van der Waals surface area contributed by atoms with E-state index in [-0.39, 0.29) is 11.9 Å². The lowest BCUT2D eigenvalue weighted by Crippen LogP contribution is -2.27. The third-order valence-electron chi connectivity index (χ3n) is 6.33. The van der Waals surface area contributed by atoms with Crippen LogP contribution in [0.5, 0.6) is 0 Å². The van der Waals surface area contributed by atoms with Crippen molar-refractivity contribution in [1.82, 2.24) is 15.2 Å². The topological polar surface area (TPSA) is 74.7 Å². The highest BCUT2D eigenvalue weighted by Gasteiger charge is 2.35. The van der Waals surface area contributed by atoms with Gasteiger partial charge in [0.25, 0.3) is 6.47 Å². The summed E-state index contributed by atoms with van der Waals surface area (Å²) in [7, 11) is 1.95. The SMILES string of the molecule is CN[C@H]1CCc2c(C)c(F)cc3nc4c(c1c23)CN(C(C)O)/C4=C\CCCOC=O. The van der Waals surface area contributed by atoms with Gasteiger partial charge in [0.15, 0.2) is 0 Å². The summed E-state index contributed by atoms with van der Waals surface area (Å²) in [5.74, 6) is -0.222. The largest absolute Gasteiger partial charge is 0.468 e. The van der Waals surface area contributed by atoms with E-state index in [1.165, 1.54) is 11.6 Å². The Morgan fingerprint density at radius 2 is 2.27 bits per heavy atom. The minimum Gasteiger partial charge on any atom is -0.468 e. The van der Waals surface area contributed by atoms with Gasteiger partial charge in [0, 0.05) is 29.6 Å². The first-order valence-electron chi connectivity index (χ1n) is 10.5. The van der Waals surface area contributed by atoms with E-state index in [0.717, 1.165) is 40.7 Å². The molecule has 2 heterocycles. The van der Waals surface area contributed by atoms with Crippen LogP contribution in [0.25, 0.3) is 16.6 Å². The van der Waals surface area contributed by atoms with Crippen LogP contribution in [-0.4, -0.2) is 41.3 Å². The molecule has 1 aromatic carbocycles. The number of hydrogen-bond donors (Lipinski definition) is 2. The number of fused-ring (bicyclic) bond motifs is 2. The molecule has 1 aromatic heterocycles. The maximum atomic E-state index is 14.6. The maximum Gasteiger partial charge on any atom is 0.293 e. The molecule has 0 bridgehead atoms. The number of hydrogen-bond acceptors (Lipinski definition) is 6. The number of carbonyl (C=O) groups excluding carboxylic acids is 1. The van der Waals surface area contributed by atoms with Crippen LogP contribution in [-0.2, 0) is 22.5 Å². The van der Waals surface area contributed by atoms with Crippen molar-refractivity contribution in [3.8, 4) is 0 Å². The molecule has 0 radical (unpaired) electrons. The number of unbranched alkanes of at least 4 members (excludes halogenated alkanes) is 1. The zero-order valence-corrected chi connectivity index (χ0v) is 17.7. The molecule has 1 aliphatic heterocycles. The van der Waals surface area contributed by atoms with Gasteiger partial charge in [0.05, 0.1) is 23.5 Å². The molecule has 1 unspecified atom stereocenters. The third-order valence-corrected chi connectivity index (χ3v) is 6.33. The van der Waals surface area contributed by atoms with Gasteiger partial charge in [-0.2, -0.15) is 0 Å². The summed E-state index contributed by atoms with van der Waals surface area (Å²) in [5.41, 5.74) is 6.37. The average molecular weight is 413 g/mol. The normalized spacial score (nSPS) is 20.0. The first-order chi connectivity index (χ1) is 14.5. The number of allylic oxidation sites excluding steroid dienone is 1. The maximum absolute atomic E-state index is 14.6. The monoisotopic (exact) mass is 413 g/mol. The quantitative estimate of drug-likeness (QED) is 0.536. The van der Waals surface area contributed by atoms with Crippen molar-refractivity contribution in [2.24, 2.45) is 0 Å². The molecule has 0 saturated heterocycles. The van der Waals surface area contributed by atoms with E-state index in [0.29, 0.717) is 43.5 Å². The minimum absolute atomic E-state index is 0.165. The van der Waals surface area contributed by atoms with E-state index >= 15 is 0 Å². The summed E-state index contributed by atoms with van der Waals surface area (Å²) in [6, 6.07) is 1.70. The zero-order chi connectivity index (χ0) is 21.4. The van der Waals surface area contributed by atoms with E-state index in [9.17, 15) is 14.3 Å². The number of aromatic nitrogens is 1. The number of benzene rings is 1. The van der Waals surface area contributed by atoms with Gasteiger partial charge in [-0.1, -0.05) is 6.08 Å². The summed E-state index contributed by atoms with van der Waals surface area (Å²) in [4.78, 5) is 17.2. The summed E-state index contributed by atoms with van der Waals surface area (Å²) >= 11 is 0. The summed E-state index contributed by atoms with van der Waals surface area (Å²) in [6.45, 7) is 4.95. The molecule has 30 heavy (non-hydrogen) atoms. The van der Waals surface area contributed by atoms with Crippen molar-refractivity contribution in [1.29, 1.82) is 0 Å². The fourth-order valence-electron chi connectivity index (χ4n) is 4.82. The minimum atomic E-state index is -0.679. The van der Waals surface area contributed by atoms with Crippen molar-refractivity contribution in [3.05, 3.63) is 45.9 Å². The summed E-state index contributed by atoms with van der Waals surface area (Å²) in [5, 5.41) is 14.9. The summed E-state index contributed by atoms with van der Waals surface area (Å²) in [6.07, 6.45) is 4.43. The standard InChI is InChI=1S/C23H28FN3O3/c1-13-15-7-8-18(25-3)22-16-11-27(14(2)29)20(6-4-5-9-30-12-28)23(16)26-19(21(15)22)10-17(13)24/h6,10,12,14,18,25,29H,4-5,7-9,11H2,1-3H3/b20-6-/t14?,18-/m0/s1. The first-order valence-corrected chi connectivity index (χ1v) is 10.5. The Kier molecular flexibility index (Phi) is 5.75. The Balaban J connectivity index is 1.89. The number of carbonyl (C=O) groups is 1. The molecule has 2 aliphatic rings. The molecule has 0 amide bonds. The van der Waals surface area contributed by atoms with Gasteiger partial charge in [-0.05, 0) is 63.3 Å². The Hall–Kier alpha value is -2.51. The molecule has 7 heteroatoms. The van der Waals surface area contributed by atoms with Gasteiger partial charge in [-0.3, -0.25) is 4.79 Å². The molecule has 6 nitrogen and oxygen atoms in total. The number of ether oxygens (including phenoxy) is 1. The molecule has 4 rings (SSSR count). The second-order valence-electron chi connectivity index (χ2n) is 8.05. The lowest BCUT2D eigenvalue weighted by atomic mass is 9.82. The highest BCUT2D eigenvalue weighted by atomic mass is 19.1. The van der Waals surface area contributed by atoms with Crippen LogP contribution < -0.4 is 5.32 Å². The van der Waals surface area contributed by atoms with Crippen LogP contribution in [0.1, 0.15) is 60.2 Å². The first kappa shape index (κ1) is 20.8. The Morgan fingerprint density at radius 3 is 2.97 bits per heavy atom. The van der Waals surface area contributed by atoms with Gasteiger partial charge in [-0.15, -0.1) is 0 Å². The number of aliphatic hydroxyl groups excluding tert-OH is 1. The number of nitrogens with one attached hydrogen (secondary N) is 1. The predicted octanol–water partition coefficient (Wildman–Crippen LogP) is 3.34. The average Bonchev–Trinajstić information content (AvgIpc) is 3.10. The number of halogens is 1. The van der Waals surface area contributed by atoms with Crippen LogP contribution in [0.15, 0.2) is 12.1 Å². The Labute approximate surface area is 175 Å². The van der Waals surface area contributed by atoms with Crippen molar-refractivity contribution >= 4 is 23.1 Å². The van der Waals surface area contributed by atoms with Crippen LogP contribution in [0, 0.1) is 12.7 Å². The van der Waals surface area contributed by atoms with E-state index in [2.05, 4.69) is 5.32 Å². The van der Waals surface area contributed by atoms with Crippen LogP contribution in [0.3, 0.4) is 0 Å². The van der Waals surface area contributed by atoms with Crippen molar-refractivity contribution in [3.63, 3.8) is 0 Å².